The van der Waals surface area contributed by atoms with Gasteiger partial charge in [-0.3, -0.25) is 0 Å². The third-order valence-corrected chi connectivity index (χ3v) is 2.78. The van der Waals surface area contributed by atoms with Gasteiger partial charge in [-0.2, -0.15) is 0 Å². The van der Waals surface area contributed by atoms with Crippen LogP contribution < -0.4 is 5.32 Å². The van der Waals surface area contributed by atoms with E-state index >= 15 is 0 Å². The third kappa shape index (κ3) is 4.80. The molecule has 1 N–H and O–H groups in total. The van der Waals surface area contributed by atoms with Crippen molar-refractivity contribution >= 4 is 0 Å². The Kier molecular flexibility index (Phi) is 4.55. The Morgan fingerprint density at radius 2 is 1.81 bits per heavy atom. The highest BCUT2D eigenvalue weighted by Crippen LogP contribution is 2.12. The maximum absolute atomic E-state index is 3.53. The van der Waals surface area contributed by atoms with Gasteiger partial charge in [-0.25, -0.2) is 0 Å². The van der Waals surface area contributed by atoms with Crippen LogP contribution >= 0.6 is 0 Å². The highest BCUT2D eigenvalue weighted by atomic mass is 14.9. The van der Waals surface area contributed by atoms with Gasteiger partial charge in [0.25, 0.3) is 0 Å². The minimum atomic E-state index is 0.238. The maximum Gasteiger partial charge on any atom is 0.00965 e. The lowest BCUT2D eigenvalue weighted by Gasteiger charge is -2.20. The van der Waals surface area contributed by atoms with E-state index in [2.05, 4.69) is 58.1 Å². The molecule has 1 aromatic carbocycles. The van der Waals surface area contributed by atoms with Crippen molar-refractivity contribution in [1.29, 1.82) is 0 Å². The first kappa shape index (κ1) is 13.2. The average Bonchev–Trinajstić information content (AvgIpc) is 2.16. The Hall–Kier alpha value is -0.820. The Morgan fingerprint density at radius 1 is 1.12 bits per heavy atom. The summed E-state index contributed by atoms with van der Waals surface area (Å²) in [7, 11) is 0. The summed E-state index contributed by atoms with van der Waals surface area (Å²) in [5, 5.41) is 3.53. The van der Waals surface area contributed by atoms with Gasteiger partial charge in [-0.05, 0) is 65.1 Å². The van der Waals surface area contributed by atoms with Crippen LogP contribution in [0.3, 0.4) is 0 Å². The molecule has 0 aliphatic heterocycles. The van der Waals surface area contributed by atoms with Gasteiger partial charge in [-0.15, -0.1) is 0 Å². The lowest BCUT2D eigenvalue weighted by Crippen LogP contribution is -2.36. The van der Waals surface area contributed by atoms with Crippen molar-refractivity contribution in [3.8, 4) is 0 Å². The van der Waals surface area contributed by atoms with E-state index in [0.29, 0.717) is 0 Å². The average molecular weight is 219 g/mol. The molecule has 0 aromatic heterocycles. The van der Waals surface area contributed by atoms with Crippen LogP contribution in [0.5, 0.6) is 0 Å². The molecule has 1 heteroatoms. The molecule has 0 spiro atoms. The zero-order valence-electron chi connectivity index (χ0n) is 11.4. The molecule has 90 valence electrons. The first-order valence-corrected chi connectivity index (χ1v) is 6.20. The second-order valence-electron chi connectivity index (χ2n) is 5.71. The Balaban J connectivity index is 2.40. The fraction of sp³-hybridized carbons (Fsp3) is 0.600. The summed E-state index contributed by atoms with van der Waals surface area (Å²) in [5.41, 5.74) is 4.52. The van der Waals surface area contributed by atoms with Gasteiger partial charge in [0, 0.05) is 5.54 Å². The van der Waals surface area contributed by atoms with Gasteiger partial charge >= 0.3 is 0 Å². The van der Waals surface area contributed by atoms with Crippen molar-refractivity contribution in [3.63, 3.8) is 0 Å². The summed E-state index contributed by atoms with van der Waals surface area (Å²) in [6.07, 6.45) is 2.39. The van der Waals surface area contributed by atoms with E-state index in [4.69, 9.17) is 0 Å². The van der Waals surface area contributed by atoms with E-state index in [9.17, 15) is 0 Å². The Labute approximate surface area is 100 Å². The SMILES string of the molecule is Cc1ccc(C)c(CCCNC(C)(C)C)c1. The van der Waals surface area contributed by atoms with Crippen molar-refractivity contribution in [2.45, 2.75) is 53.0 Å². The minimum Gasteiger partial charge on any atom is -0.312 e. The summed E-state index contributed by atoms with van der Waals surface area (Å²) >= 11 is 0. The first-order chi connectivity index (χ1) is 7.38. The van der Waals surface area contributed by atoms with Crippen molar-refractivity contribution < 1.29 is 0 Å². The van der Waals surface area contributed by atoms with Crippen LogP contribution in [0.2, 0.25) is 0 Å². The van der Waals surface area contributed by atoms with Crippen LogP contribution in [-0.4, -0.2) is 12.1 Å². The van der Waals surface area contributed by atoms with Gasteiger partial charge in [0.2, 0.25) is 0 Å². The third-order valence-electron chi connectivity index (χ3n) is 2.78. The van der Waals surface area contributed by atoms with Gasteiger partial charge in [0.05, 0.1) is 0 Å². The minimum absolute atomic E-state index is 0.238. The molecule has 0 saturated carbocycles. The van der Waals surface area contributed by atoms with E-state index < -0.39 is 0 Å². The van der Waals surface area contributed by atoms with Crippen molar-refractivity contribution in [3.05, 3.63) is 34.9 Å². The number of aryl methyl sites for hydroxylation is 3. The van der Waals surface area contributed by atoms with E-state index in [1.807, 2.05) is 0 Å². The van der Waals surface area contributed by atoms with E-state index in [1.54, 1.807) is 0 Å². The molecule has 0 fully saturated rings. The molecule has 0 unspecified atom stereocenters. The predicted molar refractivity (Wildman–Crippen MR) is 72.0 cm³/mol. The van der Waals surface area contributed by atoms with Gasteiger partial charge in [-0.1, -0.05) is 23.8 Å². The zero-order chi connectivity index (χ0) is 12.2. The fourth-order valence-corrected chi connectivity index (χ4v) is 1.81. The van der Waals surface area contributed by atoms with Gasteiger partial charge < -0.3 is 5.32 Å². The topological polar surface area (TPSA) is 12.0 Å². The summed E-state index contributed by atoms with van der Waals surface area (Å²) < 4.78 is 0. The highest BCUT2D eigenvalue weighted by molar-refractivity contribution is 5.30. The monoisotopic (exact) mass is 219 g/mol. The van der Waals surface area contributed by atoms with Crippen LogP contribution in [0.4, 0.5) is 0 Å². The quantitative estimate of drug-likeness (QED) is 0.763. The molecule has 0 radical (unpaired) electrons. The molecule has 1 rings (SSSR count). The molecule has 0 amide bonds. The van der Waals surface area contributed by atoms with Crippen molar-refractivity contribution in [2.24, 2.45) is 0 Å². The van der Waals surface area contributed by atoms with Crippen LogP contribution in [0.25, 0.3) is 0 Å². The molecule has 0 aliphatic carbocycles. The largest absolute Gasteiger partial charge is 0.312 e. The summed E-state index contributed by atoms with van der Waals surface area (Å²) in [6.45, 7) is 12.1. The number of rotatable bonds is 4. The number of benzene rings is 1. The van der Waals surface area contributed by atoms with Crippen LogP contribution in [0, 0.1) is 13.8 Å². The second kappa shape index (κ2) is 5.49. The number of nitrogens with one attached hydrogen (secondary N) is 1. The Morgan fingerprint density at radius 3 is 2.44 bits per heavy atom. The molecule has 1 aromatic rings. The normalized spacial score (nSPS) is 11.8. The summed E-state index contributed by atoms with van der Waals surface area (Å²) in [5.74, 6) is 0. The molecule has 0 atom stereocenters. The number of hydrogen-bond acceptors (Lipinski definition) is 1. The van der Waals surface area contributed by atoms with Crippen LogP contribution in [-0.2, 0) is 6.42 Å². The molecule has 1 nitrogen and oxygen atoms in total. The Bertz CT molecular complexity index is 334. The van der Waals surface area contributed by atoms with Gasteiger partial charge in [0.15, 0.2) is 0 Å². The van der Waals surface area contributed by atoms with Crippen LogP contribution in [0.15, 0.2) is 18.2 Å². The zero-order valence-corrected chi connectivity index (χ0v) is 11.4. The highest BCUT2D eigenvalue weighted by Gasteiger charge is 2.07. The second-order valence-corrected chi connectivity index (χ2v) is 5.71. The van der Waals surface area contributed by atoms with E-state index in [-0.39, 0.29) is 5.54 Å². The maximum atomic E-state index is 3.53. The van der Waals surface area contributed by atoms with Gasteiger partial charge in [0.1, 0.15) is 0 Å². The van der Waals surface area contributed by atoms with E-state index in [1.165, 1.54) is 29.5 Å². The molecule has 16 heavy (non-hydrogen) atoms. The first-order valence-electron chi connectivity index (χ1n) is 6.20. The smallest absolute Gasteiger partial charge is 0.00965 e. The van der Waals surface area contributed by atoms with Crippen molar-refractivity contribution in [1.82, 2.24) is 5.32 Å². The fourth-order valence-electron chi connectivity index (χ4n) is 1.81. The number of hydrogen-bond donors (Lipinski definition) is 1. The lowest BCUT2D eigenvalue weighted by molar-refractivity contribution is 0.422. The molecular formula is C15H25N. The lowest BCUT2D eigenvalue weighted by atomic mass is 10.0. The van der Waals surface area contributed by atoms with Crippen LogP contribution in [0.1, 0.15) is 43.9 Å². The molecule has 0 heterocycles. The molecule has 0 aliphatic rings. The standard InChI is InChI=1S/C15H25N/c1-12-8-9-13(2)14(11-12)7-6-10-16-15(3,4)5/h8-9,11,16H,6-7,10H2,1-5H3. The molecular weight excluding hydrogens is 194 g/mol. The predicted octanol–water partition coefficient (Wildman–Crippen LogP) is 3.62. The van der Waals surface area contributed by atoms with Crippen molar-refractivity contribution in [2.75, 3.05) is 6.54 Å². The molecule has 0 saturated heterocycles. The summed E-state index contributed by atoms with van der Waals surface area (Å²) in [6, 6.07) is 6.72. The van der Waals surface area contributed by atoms with E-state index in [0.717, 1.165) is 6.54 Å². The summed E-state index contributed by atoms with van der Waals surface area (Å²) in [4.78, 5) is 0. The molecule has 0 bridgehead atoms.